The molecule has 1 fully saturated rings. The predicted octanol–water partition coefficient (Wildman–Crippen LogP) is 0.869. The Kier molecular flexibility index (Phi) is 5.41. The van der Waals surface area contributed by atoms with Crippen molar-refractivity contribution in [2.24, 2.45) is 0 Å². The molecule has 0 spiro atoms. The average molecular weight is 253 g/mol. The quantitative estimate of drug-likeness (QED) is 0.706. The Balaban J connectivity index is 1.55. The number of hydrogen-bond donors (Lipinski definition) is 2. The molecule has 0 amide bonds. The molecule has 0 radical (unpaired) electrons. The van der Waals surface area contributed by atoms with Gasteiger partial charge in [0, 0.05) is 19.7 Å². The summed E-state index contributed by atoms with van der Waals surface area (Å²) in [7, 11) is 0. The van der Waals surface area contributed by atoms with Crippen molar-refractivity contribution in [1.82, 2.24) is 20.3 Å². The molecule has 2 heterocycles. The molecule has 0 unspecified atom stereocenters. The van der Waals surface area contributed by atoms with Crippen LogP contribution in [0.4, 0.5) is 5.82 Å². The van der Waals surface area contributed by atoms with Gasteiger partial charge in [0.05, 0.1) is 12.3 Å². The summed E-state index contributed by atoms with van der Waals surface area (Å²) in [5.41, 5.74) is 0. The standard InChI is InChI=1S/C12H23N5O/c1-2-17-12(10-15-16-17)14-6-3-9-18-11-4-7-13-8-5-11/h10-11,13-14H,2-9H2,1H3. The van der Waals surface area contributed by atoms with Crippen LogP contribution in [0.1, 0.15) is 26.2 Å². The number of nitrogens with zero attached hydrogens (tertiary/aromatic N) is 3. The molecule has 1 aromatic heterocycles. The average Bonchev–Trinajstić information content (AvgIpc) is 2.87. The zero-order valence-electron chi connectivity index (χ0n) is 11.1. The monoisotopic (exact) mass is 253 g/mol. The van der Waals surface area contributed by atoms with Gasteiger partial charge in [0.25, 0.3) is 0 Å². The minimum absolute atomic E-state index is 0.453. The van der Waals surface area contributed by atoms with Crippen LogP contribution in [0.2, 0.25) is 0 Å². The molecular formula is C12H23N5O. The highest BCUT2D eigenvalue weighted by molar-refractivity contribution is 5.30. The van der Waals surface area contributed by atoms with Gasteiger partial charge in [0.1, 0.15) is 5.82 Å². The molecule has 1 aliphatic heterocycles. The molecular weight excluding hydrogens is 230 g/mol. The van der Waals surface area contributed by atoms with Gasteiger partial charge in [-0.2, -0.15) is 0 Å². The second-order valence-electron chi connectivity index (χ2n) is 4.54. The summed E-state index contributed by atoms with van der Waals surface area (Å²) in [6.45, 7) is 6.80. The maximum absolute atomic E-state index is 5.84. The van der Waals surface area contributed by atoms with Crippen LogP contribution in [0, 0.1) is 0 Å². The Morgan fingerprint density at radius 3 is 3.11 bits per heavy atom. The number of aryl methyl sites for hydroxylation is 1. The molecule has 2 rings (SSSR count). The number of rotatable bonds is 7. The van der Waals surface area contributed by atoms with Crippen LogP contribution in [0.25, 0.3) is 0 Å². The van der Waals surface area contributed by atoms with E-state index in [9.17, 15) is 0 Å². The van der Waals surface area contributed by atoms with Gasteiger partial charge in [-0.05, 0) is 39.3 Å². The van der Waals surface area contributed by atoms with E-state index in [2.05, 4.69) is 27.9 Å². The SMILES string of the molecule is CCn1nncc1NCCCOC1CCNCC1. The van der Waals surface area contributed by atoms with E-state index in [1.807, 2.05) is 4.68 Å². The van der Waals surface area contributed by atoms with E-state index in [-0.39, 0.29) is 0 Å². The van der Waals surface area contributed by atoms with Crippen molar-refractivity contribution < 1.29 is 4.74 Å². The van der Waals surface area contributed by atoms with E-state index in [0.29, 0.717) is 6.10 Å². The van der Waals surface area contributed by atoms with Crippen LogP contribution in [0.5, 0.6) is 0 Å². The highest BCUT2D eigenvalue weighted by Crippen LogP contribution is 2.08. The lowest BCUT2D eigenvalue weighted by Gasteiger charge is -2.22. The highest BCUT2D eigenvalue weighted by Gasteiger charge is 2.12. The lowest BCUT2D eigenvalue weighted by molar-refractivity contribution is 0.0329. The number of anilines is 1. The van der Waals surface area contributed by atoms with Crippen LogP contribution in [0.3, 0.4) is 0 Å². The van der Waals surface area contributed by atoms with E-state index < -0.39 is 0 Å². The van der Waals surface area contributed by atoms with Gasteiger partial charge in [-0.25, -0.2) is 4.68 Å². The normalized spacial score (nSPS) is 16.9. The van der Waals surface area contributed by atoms with Crippen LogP contribution in [0.15, 0.2) is 6.20 Å². The Bertz CT molecular complexity index is 335. The fourth-order valence-electron chi connectivity index (χ4n) is 2.13. The largest absolute Gasteiger partial charge is 0.378 e. The van der Waals surface area contributed by atoms with Gasteiger partial charge in [-0.15, -0.1) is 5.10 Å². The zero-order valence-corrected chi connectivity index (χ0v) is 11.1. The van der Waals surface area contributed by atoms with Gasteiger partial charge < -0.3 is 15.4 Å². The molecule has 2 N–H and O–H groups in total. The van der Waals surface area contributed by atoms with Crippen molar-refractivity contribution in [2.75, 3.05) is 31.6 Å². The number of ether oxygens (including phenoxy) is 1. The van der Waals surface area contributed by atoms with Crippen molar-refractivity contribution in [2.45, 2.75) is 38.8 Å². The first-order valence-corrected chi connectivity index (χ1v) is 6.85. The topological polar surface area (TPSA) is 64.0 Å². The van der Waals surface area contributed by atoms with Gasteiger partial charge >= 0.3 is 0 Å². The summed E-state index contributed by atoms with van der Waals surface area (Å²) in [5.74, 6) is 0.986. The summed E-state index contributed by atoms with van der Waals surface area (Å²) in [6.07, 6.45) is 5.50. The minimum Gasteiger partial charge on any atom is -0.378 e. The van der Waals surface area contributed by atoms with Crippen molar-refractivity contribution >= 4 is 5.82 Å². The lowest BCUT2D eigenvalue weighted by atomic mass is 10.1. The van der Waals surface area contributed by atoms with Crippen molar-refractivity contribution in [3.63, 3.8) is 0 Å². The smallest absolute Gasteiger partial charge is 0.144 e. The first kappa shape index (κ1) is 13.3. The van der Waals surface area contributed by atoms with E-state index in [1.165, 1.54) is 0 Å². The molecule has 102 valence electrons. The maximum atomic E-state index is 5.84. The maximum Gasteiger partial charge on any atom is 0.144 e. The summed E-state index contributed by atoms with van der Waals surface area (Å²) in [6, 6.07) is 0. The molecule has 0 aliphatic carbocycles. The second-order valence-corrected chi connectivity index (χ2v) is 4.54. The lowest BCUT2D eigenvalue weighted by Crippen LogP contribution is -2.32. The van der Waals surface area contributed by atoms with Crippen LogP contribution < -0.4 is 10.6 Å². The first-order valence-electron chi connectivity index (χ1n) is 6.85. The fraction of sp³-hybridized carbons (Fsp3) is 0.833. The van der Waals surface area contributed by atoms with Crippen LogP contribution in [-0.4, -0.2) is 47.3 Å². The Labute approximate surface area is 108 Å². The Morgan fingerprint density at radius 2 is 2.33 bits per heavy atom. The van der Waals surface area contributed by atoms with Gasteiger partial charge in [0.2, 0.25) is 0 Å². The third kappa shape index (κ3) is 3.96. The molecule has 6 heteroatoms. The number of aromatic nitrogens is 3. The molecule has 0 aromatic carbocycles. The predicted molar refractivity (Wildman–Crippen MR) is 70.6 cm³/mol. The van der Waals surface area contributed by atoms with Crippen molar-refractivity contribution in [3.8, 4) is 0 Å². The molecule has 1 saturated heterocycles. The van der Waals surface area contributed by atoms with E-state index in [4.69, 9.17) is 4.74 Å². The van der Waals surface area contributed by atoms with Crippen molar-refractivity contribution in [1.29, 1.82) is 0 Å². The van der Waals surface area contributed by atoms with E-state index in [1.54, 1.807) is 6.20 Å². The minimum atomic E-state index is 0.453. The summed E-state index contributed by atoms with van der Waals surface area (Å²) in [4.78, 5) is 0. The number of piperidine rings is 1. The molecule has 0 atom stereocenters. The number of hydrogen-bond acceptors (Lipinski definition) is 5. The van der Waals surface area contributed by atoms with Crippen LogP contribution in [-0.2, 0) is 11.3 Å². The van der Waals surface area contributed by atoms with E-state index >= 15 is 0 Å². The second kappa shape index (κ2) is 7.33. The van der Waals surface area contributed by atoms with Gasteiger partial charge in [0.15, 0.2) is 0 Å². The summed E-state index contributed by atoms with van der Waals surface area (Å²) < 4.78 is 7.70. The number of nitrogens with one attached hydrogen (secondary N) is 2. The van der Waals surface area contributed by atoms with E-state index in [0.717, 1.165) is 57.9 Å². The zero-order chi connectivity index (χ0) is 12.6. The summed E-state index contributed by atoms with van der Waals surface area (Å²) in [5, 5.41) is 14.5. The van der Waals surface area contributed by atoms with Crippen molar-refractivity contribution in [3.05, 3.63) is 6.20 Å². The molecule has 6 nitrogen and oxygen atoms in total. The fourth-order valence-corrected chi connectivity index (χ4v) is 2.13. The first-order chi connectivity index (χ1) is 8.90. The Morgan fingerprint density at radius 1 is 1.50 bits per heavy atom. The third-order valence-electron chi connectivity index (χ3n) is 3.18. The molecule has 1 aromatic rings. The summed E-state index contributed by atoms with van der Waals surface area (Å²) >= 11 is 0. The molecule has 0 bridgehead atoms. The molecule has 0 saturated carbocycles. The Hall–Kier alpha value is -1.14. The van der Waals surface area contributed by atoms with Gasteiger partial charge in [-0.1, -0.05) is 5.21 Å². The highest BCUT2D eigenvalue weighted by atomic mass is 16.5. The third-order valence-corrected chi connectivity index (χ3v) is 3.18. The molecule has 18 heavy (non-hydrogen) atoms. The van der Waals surface area contributed by atoms with Crippen LogP contribution >= 0.6 is 0 Å². The van der Waals surface area contributed by atoms with Gasteiger partial charge in [-0.3, -0.25) is 0 Å². The molecule has 1 aliphatic rings.